The molecule has 9 heteroatoms. The monoisotopic (exact) mass is 471 g/mol. The maximum atomic E-state index is 14.0. The van der Waals surface area contributed by atoms with Crippen molar-refractivity contribution in [3.05, 3.63) is 70.1 Å². The lowest BCUT2D eigenvalue weighted by Gasteiger charge is -2.12. The normalized spacial score (nSPS) is 11.6. The average molecular weight is 472 g/mol. The van der Waals surface area contributed by atoms with E-state index in [-0.39, 0.29) is 26.5 Å². The summed E-state index contributed by atoms with van der Waals surface area (Å²) in [6, 6.07) is 12.9. The van der Waals surface area contributed by atoms with Crippen molar-refractivity contribution in [3.63, 3.8) is 0 Å². The molecule has 2 aromatic heterocycles. The summed E-state index contributed by atoms with van der Waals surface area (Å²) in [7, 11) is 1.50. The van der Waals surface area contributed by atoms with Crippen molar-refractivity contribution in [2.45, 2.75) is 20.0 Å². The molecule has 0 unspecified atom stereocenters. The SMILES string of the molecule is COc1ccc(-c2cc(C(F)(F)F)c3c(N)c(C(=O)Nc4cccc(C)c4C)sc3n2)cc1. The fraction of sp³-hybridized carbons (Fsp3) is 0.167. The number of fused-ring (bicyclic) bond motifs is 1. The van der Waals surface area contributed by atoms with E-state index in [2.05, 4.69) is 10.3 Å². The number of nitrogens with one attached hydrogen (secondary N) is 1. The summed E-state index contributed by atoms with van der Waals surface area (Å²) in [5.41, 5.74) is 7.92. The van der Waals surface area contributed by atoms with E-state index in [0.717, 1.165) is 28.5 Å². The Kier molecular flexibility index (Phi) is 5.75. The molecule has 0 saturated heterocycles. The molecule has 0 saturated carbocycles. The molecule has 1 amide bonds. The Balaban J connectivity index is 1.83. The van der Waals surface area contributed by atoms with Gasteiger partial charge in [-0.05, 0) is 61.4 Å². The number of hydrogen-bond donors (Lipinski definition) is 2. The second-order valence-corrected chi connectivity index (χ2v) is 8.51. The highest BCUT2D eigenvalue weighted by atomic mass is 32.1. The van der Waals surface area contributed by atoms with Crippen LogP contribution in [-0.4, -0.2) is 18.0 Å². The summed E-state index contributed by atoms with van der Waals surface area (Å²) in [5, 5.41) is 2.49. The first-order chi connectivity index (χ1) is 15.6. The number of benzene rings is 2. The molecular formula is C24H20F3N3O2S. The molecule has 2 heterocycles. The molecular weight excluding hydrogens is 451 g/mol. The fourth-order valence-electron chi connectivity index (χ4n) is 3.49. The third-order valence-electron chi connectivity index (χ3n) is 5.45. The van der Waals surface area contributed by atoms with Gasteiger partial charge in [-0.2, -0.15) is 13.2 Å². The van der Waals surface area contributed by atoms with Gasteiger partial charge in [0, 0.05) is 16.6 Å². The average Bonchev–Trinajstić information content (AvgIpc) is 3.12. The van der Waals surface area contributed by atoms with E-state index in [4.69, 9.17) is 10.5 Å². The Morgan fingerprint density at radius 3 is 2.45 bits per heavy atom. The molecule has 4 aromatic rings. The van der Waals surface area contributed by atoms with E-state index < -0.39 is 17.6 Å². The van der Waals surface area contributed by atoms with Gasteiger partial charge in [-0.25, -0.2) is 4.98 Å². The highest BCUT2D eigenvalue weighted by molar-refractivity contribution is 7.21. The highest BCUT2D eigenvalue weighted by Crippen LogP contribution is 2.43. The number of pyridine rings is 1. The minimum absolute atomic E-state index is 0.0178. The first-order valence-corrected chi connectivity index (χ1v) is 10.7. The first kappa shape index (κ1) is 22.6. The fourth-order valence-corrected chi connectivity index (χ4v) is 4.50. The number of aryl methyl sites for hydroxylation is 1. The van der Waals surface area contributed by atoms with Crippen LogP contribution in [0.25, 0.3) is 21.5 Å². The van der Waals surface area contributed by atoms with Gasteiger partial charge in [-0.15, -0.1) is 11.3 Å². The van der Waals surface area contributed by atoms with Crippen molar-refractivity contribution in [1.82, 2.24) is 4.98 Å². The molecule has 0 aliphatic heterocycles. The zero-order valence-corrected chi connectivity index (χ0v) is 18.8. The Hall–Kier alpha value is -3.59. The van der Waals surface area contributed by atoms with Gasteiger partial charge in [0.15, 0.2) is 0 Å². The summed E-state index contributed by atoms with van der Waals surface area (Å²) >= 11 is 0.835. The minimum atomic E-state index is -4.68. The van der Waals surface area contributed by atoms with Gasteiger partial charge in [-0.1, -0.05) is 12.1 Å². The molecule has 0 aliphatic rings. The van der Waals surface area contributed by atoms with Crippen LogP contribution in [0.3, 0.4) is 0 Å². The highest BCUT2D eigenvalue weighted by Gasteiger charge is 2.36. The van der Waals surface area contributed by atoms with Crippen molar-refractivity contribution in [1.29, 1.82) is 0 Å². The summed E-state index contributed by atoms with van der Waals surface area (Å²) < 4.78 is 47.0. The Labute approximate surface area is 192 Å². The van der Waals surface area contributed by atoms with Crippen LogP contribution in [0.5, 0.6) is 5.75 Å². The standard InChI is InChI=1S/C24H20F3N3O2S/c1-12-5-4-6-17(13(12)2)29-22(31)21-20(28)19-16(24(25,26)27)11-18(30-23(19)33-21)14-7-9-15(32-3)10-8-14/h4-11H,28H2,1-3H3,(H,29,31). The second-order valence-electron chi connectivity index (χ2n) is 7.51. The van der Waals surface area contributed by atoms with Gasteiger partial charge in [0.1, 0.15) is 15.5 Å². The third-order valence-corrected chi connectivity index (χ3v) is 6.55. The summed E-state index contributed by atoms with van der Waals surface area (Å²) in [4.78, 5) is 17.4. The number of methoxy groups -OCH3 is 1. The predicted molar refractivity (Wildman–Crippen MR) is 125 cm³/mol. The molecule has 0 aliphatic carbocycles. The molecule has 33 heavy (non-hydrogen) atoms. The van der Waals surface area contributed by atoms with Crippen molar-refractivity contribution in [3.8, 4) is 17.0 Å². The van der Waals surface area contributed by atoms with Crippen LogP contribution in [0, 0.1) is 13.8 Å². The van der Waals surface area contributed by atoms with E-state index in [1.165, 1.54) is 7.11 Å². The molecule has 2 aromatic carbocycles. The number of nitrogens with zero attached hydrogens (tertiary/aromatic N) is 1. The molecule has 170 valence electrons. The molecule has 5 nitrogen and oxygen atoms in total. The quantitative estimate of drug-likeness (QED) is 0.359. The van der Waals surface area contributed by atoms with Gasteiger partial charge >= 0.3 is 6.18 Å². The smallest absolute Gasteiger partial charge is 0.417 e. The van der Waals surface area contributed by atoms with Gasteiger partial charge in [0.05, 0.1) is 24.1 Å². The second kappa shape index (κ2) is 8.40. The number of ether oxygens (including phenoxy) is 1. The van der Waals surface area contributed by atoms with Crippen LogP contribution in [0.4, 0.5) is 24.5 Å². The van der Waals surface area contributed by atoms with Crippen LogP contribution < -0.4 is 15.8 Å². The number of carbonyl (C=O) groups excluding carboxylic acids is 1. The zero-order chi connectivity index (χ0) is 23.9. The number of nitrogen functional groups attached to an aromatic ring is 1. The van der Waals surface area contributed by atoms with Gasteiger partial charge < -0.3 is 15.8 Å². The van der Waals surface area contributed by atoms with Crippen LogP contribution in [0.15, 0.2) is 48.5 Å². The molecule has 0 atom stereocenters. The van der Waals surface area contributed by atoms with Crippen molar-refractivity contribution in [2.24, 2.45) is 0 Å². The number of thiophene rings is 1. The molecule has 0 bridgehead atoms. The summed E-state index contributed by atoms with van der Waals surface area (Å²) in [6.07, 6.45) is -4.68. The molecule has 0 spiro atoms. The maximum Gasteiger partial charge on any atom is 0.417 e. The van der Waals surface area contributed by atoms with E-state index in [9.17, 15) is 18.0 Å². The van der Waals surface area contributed by atoms with Crippen LogP contribution in [0.1, 0.15) is 26.4 Å². The number of rotatable bonds is 4. The molecule has 4 rings (SSSR count). The number of nitrogens with two attached hydrogens (primary N) is 1. The van der Waals surface area contributed by atoms with E-state index >= 15 is 0 Å². The first-order valence-electron chi connectivity index (χ1n) is 9.92. The lowest BCUT2D eigenvalue weighted by atomic mass is 10.1. The maximum absolute atomic E-state index is 14.0. The Bertz CT molecular complexity index is 1360. The van der Waals surface area contributed by atoms with Crippen LogP contribution >= 0.6 is 11.3 Å². The summed E-state index contributed by atoms with van der Waals surface area (Å²) in [5.74, 6) is -0.00929. The number of alkyl halides is 3. The van der Waals surface area contributed by atoms with E-state index in [0.29, 0.717) is 17.0 Å². The Morgan fingerprint density at radius 2 is 1.82 bits per heavy atom. The third kappa shape index (κ3) is 4.23. The van der Waals surface area contributed by atoms with Gasteiger partial charge in [0.2, 0.25) is 0 Å². The topological polar surface area (TPSA) is 77.2 Å². The lowest BCUT2D eigenvalue weighted by molar-refractivity contribution is -0.136. The van der Waals surface area contributed by atoms with Crippen molar-refractivity contribution < 1.29 is 22.7 Å². The molecule has 0 fully saturated rings. The summed E-state index contributed by atoms with van der Waals surface area (Å²) in [6.45, 7) is 3.75. The van der Waals surface area contributed by atoms with Gasteiger partial charge in [-0.3, -0.25) is 4.79 Å². The number of hydrogen-bond acceptors (Lipinski definition) is 5. The number of halogens is 3. The van der Waals surface area contributed by atoms with Crippen molar-refractivity contribution in [2.75, 3.05) is 18.2 Å². The lowest BCUT2D eigenvalue weighted by Crippen LogP contribution is -2.13. The van der Waals surface area contributed by atoms with Crippen LogP contribution in [0.2, 0.25) is 0 Å². The number of aromatic nitrogens is 1. The zero-order valence-electron chi connectivity index (χ0n) is 18.0. The number of carbonyl (C=O) groups is 1. The van der Waals surface area contributed by atoms with Gasteiger partial charge in [0.25, 0.3) is 5.91 Å². The van der Waals surface area contributed by atoms with E-state index in [1.807, 2.05) is 19.9 Å². The number of amides is 1. The molecule has 3 N–H and O–H groups in total. The minimum Gasteiger partial charge on any atom is -0.497 e. The van der Waals surface area contributed by atoms with Crippen molar-refractivity contribution >= 4 is 38.8 Å². The van der Waals surface area contributed by atoms with Crippen LogP contribution in [-0.2, 0) is 6.18 Å². The Morgan fingerprint density at radius 1 is 1.12 bits per heavy atom. The molecule has 0 radical (unpaired) electrons. The van der Waals surface area contributed by atoms with E-state index in [1.54, 1.807) is 36.4 Å². The number of anilines is 2. The largest absolute Gasteiger partial charge is 0.497 e. The predicted octanol–water partition coefficient (Wildman–Crippen LogP) is 6.44.